The second-order valence-electron chi connectivity index (χ2n) is 5.57. The van der Waals surface area contributed by atoms with Gasteiger partial charge in [-0.1, -0.05) is 48.6 Å². The summed E-state index contributed by atoms with van der Waals surface area (Å²) in [4.78, 5) is 10.3. The van der Waals surface area contributed by atoms with Gasteiger partial charge in [0.25, 0.3) is 5.69 Å². The largest absolute Gasteiger partial charge is 0.379 e. The Hall–Kier alpha value is -3.45. The molecular formula is C20H15NO5S. The zero-order valence-electron chi connectivity index (χ0n) is 14.1. The third kappa shape index (κ3) is 4.59. The van der Waals surface area contributed by atoms with Crippen LogP contribution in [0.4, 0.5) is 5.69 Å². The van der Waals surface area contributed by atoms with E-state index in [0.717, 1.165) is 0 Å². The van der Waals surface area contributed by atoms with E-state index in [1.165, 1.54) is 18.2 Å². The maximum Gasteiger partial charge on any atom is 0.339 e. The molecule has 3 aromatic rings. The Labute approximate surface area is 156 Å². The molecule has 0 aliphatic rings. The second-order valence-corrected chi connectivity index (χ2v) is 7.09. The fraction of sp³-hybridized carbons (Fsp3) is 0. The van der Waals surface area contributed by atoms with E-state index in [1.54, 1.807) is 72.8 Å². The normalized spacial score (nSPS) is 11.4. The van der Waals surface area contributed by atoms with Gasteiger partial charge >= 0.3 is 10.1 Å². The molecule has 136 valence electrons. The molecule has 0 spiro atoms. The highest BCUT2D eigenvalue weighted by Crippen LogP contribution is 2.23. The summed E-state index contributed by atoms with van der Waals surface area (Å²) in [5.74, 6) is 0.228. The van der Waals surface area contributed by atoms with Crippen molar-refractivity contribution < 1.29 is 17.5 Å². The van der Waals surface area contributed by atoms with Crippen molar-refractivity contribution in [1.82, 2.24) is 0 Å². The van der Waals surface area contributed by atoms with Crippen LogP contribution in [0, 0.1) is 10.1 Å². The van der Waals surface area contributed by atoms with Crippen molar-refractivity contribution in [2.45, 2.75) is 4.90 Å². The minimum atomic E-state index is -4.01. The van der Waals surface area contributed by atoms with Crippen molar-refractivity contribution in [1.29, 1.82) is 0 Å². The van der Waals surface area contributed by atoms with Crippen molar-refractivity contribution in [2.24, 2.45) is 0 Å². The highest BCUT2D eigenvalue weighted by atomic mass is 32.2. The maximum atomic E-state index is 12.6. The van der Waals surface area contributed by atoms with E-state index in [9.17, 15) is 18.5 Å². The van der Waals surface area contributed by atoms with Gasteiger partial charge in [-0.3, -0.25) is 10.1 Å². The van der Waals surface area contributed by atoms with Gasteiger partial charge in [0, 0.05) is 12.1 Å². The van der Waals surface area contributed by atoms with Crippen LogP contribution in [0.5, 0.6) is 5.75 Å². The van der Waals surface area contributed by atoms with Crippen LogP contribution in [-0.4, -0.2) is 13.3 Å². The Morgan fingerprint density at radius 1 is 0.815 bits per heavy atom. The van der Waals surface area contributed by atoms with Gasteiger partial charge in [0.1, 0.15) is 10.6 Å². The summed E-state index contributed by atoms with van der Waals surface area (Å²) in [6.45, 7) is 0. The number of nitro groups is 1. The molecule has 0 unspecified atom stereocenters. The summed E-state index contributed by atoms with van der Waals surface area (Å²) in [5, 5.41) is 10.7. The smallest absolute Gasteiger partial charge is 0.339 e. The quantitative estimate of drug-likeness (QED) is 0.271. The van der Waals surface area contributed by atoms with Crippen LogP contribution in [-0.2, 0) is 10.1 Å². The molecule has 0 aromatic heterocycles. The summed E-state index contributed by atoms with van der Waals surface area (Å²) in [6.07, 6.45) is 3.31. The van der Waals surface area contributed by atoms with E-state index < -0.39 is 15.0 Å². The molecule has 3 rings (SSSR count). The van der Waals surface area contributed by atoms with Crippen molar-refractivity contribution in [2.75, 3.05) is 0 Å². The molecular weight excluding hydrogens is 366 g/mol. The molecule has 0 amide bonds. The lowest BCUT2D eigenvalue weighted by Crippen LogP contribution is -2.11. The molecule has 0 bridgehead atoms. The van der Waals surface area contributed by atoms with Gasteiger partial charge in [0.2, 0.25) is 0 Å². The first-order valence-corrected chi connectivity index (χ1v) is 9.38. The second kappa shape index (κ2) is 7.84. The minimum absolute atomic E-state index is 0.00797. The van der Waals surface area contributed by atoms with Crippen molar-refractivity contribution >= 4 is 28.0 Å². The van der Waals surface area contributed by atoms with E-state index in [1.807, 2.05) is 0 Å². The number of nitro benzene ring substituents is 1. The molecule has 0 aliphatic carbocycles. The Morgan fingerprint density at radius 3 is 2.11 bits per heavy atom. The van der Waals surface area contributed by atoms with Crippen molar-refractivity contribution in [3.63, 3.8) is 0 Å². The van der Waals surface area contributed by atoms with Crippen LogP contribution in [0.15, 0.2) is 83.8 Å². The van der Waals surface area contributed by atoms with Gasteiger partial charge in [0.15, 0.2) is 0 Å². The monoisotopic (exact) mass is 381 g/mol. The molecule has 27 heavy (non-hydrogen) atoms. The van der Waals surface area contributed by atoms with E-state index in [4.69, 9.17) is 4.18 Å². The average Bonchev–Trinajstić information content (AvgIpc) is 2.67. The summed E-state index contributed by atoms with van der Waals surface area (Å²) in [6, 6.07) is 20.7. The highest BCUT2D eigenvalue weighted by Gasteiger charge is 2.19. The predicted molar refractivity (Wildman–Crippen MR) is 103 cm³/mol. The molecule has 0 atom stereocenters. The third-order valence-electron chi connectivity index (χ3n) is 3.70. The van der Waals surface area contributed by atoms with E-state index in [2.05, 4.69) is 0 Å². The topological polar surface area (TPSA) is 86.5 Å². The first-order valence-electron chi connectivity index (χ1n) is 7.97. The van der Waals surface area contributed by atoms with Gasteiger partial charge in [-0.2, -0.15) is 8.42 Å². The molecule has 7 heteroatoms. The van der Waals surface area contributed by atoms with Crippen LogP contribution < -0.4 is 4.18 Å². The number of nitrogens with zero attached hydrogens (tertiary/aromatic N) is 1. The van der Waals surface area contributed by atoms with Gasteiger partial charge in [-0.05, 0) is 41.5 Å². The summed E-state index contributed by atoms with van der Waals surface area (Å²) >= 11 is 0. The molecule has 0 saturated carbocycles. The SMILES string of the molecule is O=[N+]([O-])c1ccc(C=Cc2ccccc2S(=O)(=O)Oc2ccccc2)cc1. The Bertz CT molecular complexity index is 1070. The predicted octanol–water partition coefficient (Wildman–Crippen LogP) is 4.53. The highest BCUT2D eigenvalue weighted by molar-refractivity contribution is 7.87. The summed E-state index contributed by atoms with van der Waals surface area (Å²) < 4.78 is 30.4. The number of benzene rings is 3. The fourth-order valence-corrected chi connectivity index (χ4v) is 3.51. The zero-order valence-corrected chi connectivity index (χ0v) is 14.9. The molecule has 0 radical (unpaired) electrons. The Kier molecular flexibility index (Phi) is 5.33. The number of hydrogen-bond acceptors (Lipinski definition) is 5. The van der Waals surface area contributed by atoms with Gasteiger partial charge < -0.3 is 4.18 Å². The number of rotatable bonds is 6. The van der Waals surface area contributed by atoms with Gasteiger partial charge in [-0.15, -0.1) is 0 Å². The third-order valence-corrected chi connectivity index (χ3v) is 5.02. The molecule has 0 N–H and O–H groups in total. The lowest BCUT2D eigenvalue weighted by atomic mass is 10.1. The summed E-state index contributed by atoms with van der Waals surface area (Å²) in [5.41, 5.74) is 1.15. The Balaban J connectivity index is 1.88. The molecule has 0 saturated heterocycles. The van der Waals surface area contributed by atoms with Gasteiger partial charge in [-0.25, -0.2) is 0 Å². The van der Waals surface area contributed by atoms with E-state index in [0.29, 0.717) is 11.1 Å². The first kappa shape index (κ1) is 18.3. The molecule has 0 aliphatic heterocycles. The Morgan fingerprint density at radius 2 is 1.44 bits per heavy atom. The van der Waals surface area contributed by atoms with Crippen LogP contribution in [0.1, 0.15) is 11.1 Å². The summed E-state index contributed by atoms with van der Waals surface area (Å²) in [7, 11) is -4.01. The molecule has 0 heterocycles. The van der Waals surface area contributed by atoms with Crippen LogP contribution >= 0.6 is 0 Å². The van der Waals surface area contributed by atoms with Crippen LogP contribution in [0.2, 0.25) is 0 Å². The zero-order chi connectivity index (χ0) is 19.3. The van der Waals surface area contributed by atoms with E-state index >= 15 is 0 Å². The maximum absolute atomic E-state index is 12.6. The minimum Gasteiger partial charge on any atom is -0.379 e. The lowest BCUT2D eigenvalue weighted by molar-refractivity contribution is -0.384. The number of hydrogen-bond donors (Lipinski definition) is 0. The van der Waals surface area contributed by atoms with E-state index in [-0.39, 0.29) is 16.3 Å². The lowest BCUT2D eigenvalue weighted by Gasteiger charge is -2.09. The number of para-hydroxylation sites is 1. The van der Waals surface area contributed by atoms with Crippen molar-refractivity contribution in [3.8, 4) is 5.75 Å². The standard InChI is InChI=1S/C20H15NO5S/c22-21(23)18-14-11-16(12-15-18)10-13-17-6-4-5-9-20(17)27(24,25)26-19-7-2-1-3-8-19/h1-15H. The first-order chi connectivity index (χ1) is 13.0. The molecule has 0 fully saturated rings. The fourth-order valence-electron chi connectivity index (χ4n) is 2.39. The average molecular weight is 381 g/mol. The van der Waals surface area contributed by atoms with Gasteiger partial charge in [0.05, 0.1) is 4.92 Å². The molecule has 3 aromatic carbocycles. The van der Waals surface area contributed by atoms with Crippen LogP contribution in [0.3, 0.4) is 0 Å². The molecule has 6 nitrogen and oxygen atoms in total. The van der Waals surface area contributed by atoms with Crippen molar-refractivity contribution in [3.05, 3.63) is 100 Å². The number of non-ortho nitro benzene ring substituents is 1. The van der Waals surface area contributed by atoms with Crippen LogP contribution in [0.25, 0.3) is 12.2 Å².